The van der Waals surface area contributed by atoms with Crippen LogP contribution in [-0.2, 0) is 17.8 Å². The number of aromatic nitrogens is 2. The predicted molar refractivity (Wildman–Crippen MR) is 133 cm³/mol. The van der Waals surface area contributed by atoms with Gasteiger partial charge in [0.15, 0.2) is 0 Å². The maximum Gasteiger partial charge on any atom is 0.278 e. The van der Waals surface area contributed by atoms with Gasteiger partial charge in [0.2, 0.25) is 0 Å². The minimum atomic E-state index is -2.89. The Morgan fingerprint density at radius 1 is 1.23 bits per heavy atom. The Morgan fingerprint density at radius 2 is 1.97 bits per heavy atom. The van der Waals surface area contributed by atoms with Gasteiger partial charge in [-0.15, -0.1) is 11.8 Å². The van der Waals surface area contributed by atoms with E-state index in [2.05, 4.69) is 10.00 Å². The molecule has 2 aromatic rings. The number of aryl methyl sites for hydroxylation is 1. The van der Waals surface area contributed by atoms with Crippen molar-refractivity contribution in [3.8, 4) is 5.69 Å². The summed E-state index contributed by atoms with van der Waals surface area (Å²) in [4.78, 5) is 4.29. The van der Waals surface area contributed by atoms with Crippen LogP contribution in [0.25, 0.3) is 5.69 Å². The quantitative estimate of drug-likeness (QED) is 0.535. The zero-order valence-electron chi connectivity index (χ0n) is 20.1. The Bertz CT molecular complexity index is 1130. The summed E-state index contributed by atoms with van der Waals surface area (Å²) in [6.07, 6.45) is 4.76. The van der Waals surface area contributed by atoms with Gasteiger partial charge in [0.1, 0.15) is 18.1 Å². The van der Waals surface area contributed by atoms with Gasteiger partial charge in [0.05, 0.1) is 26.8 Å². The number of nitrogens with zero attached hydrogens (tertiary/aromatic N) is 4. The van der Waals surface area contributed by atoms with Crippen LogP contribution in [0.15, 0.2) is 34.8 Å². The number of fused-ring (bicyclic) bond motifs is 2. The van der Waals surface area contributed by atoms with Gasteiger partial charge in [-0.3, -0.25) is 4.90 Å². The monoisotopic (exact) mass is 526 g/mol. The molecule has 35 heavy (non-hydrogen) atoms. The number of alkyl halides is 2. The number of piperidine rings is 1. The van der Waals surface area contributed by atoms with Crippen LogP contribution in [0.2, 0.25) is 0 Å². The van der Waals surface area contributed by atoms with Crippen molar-refractivity contribution < 1.29 is 17.9 Å². The second-order valence-corrected chi connectivity index (χ2v) is 11.9. The maximum atomic E-state index is 14.8. The fraction of sp³-hybridized carbons (Fsp3) is 0.560. The van der Waals surface area contributed by atoms with E-state index in [9.17, 15) is 13.2 Å². The number of allylic oxidation sites excluding steroid dienone is 1. The molecular formula is C25H30ClF3N4OS. The number of likely N-dealkylation sites (tertiary alicyclic amines) is 1. The highest BCUT2D eigenvalue weighted by Crippen LogP contribution is 2.56. The number of hydrogen-bond acceptors (Lipinski definition) is 5. The lowest BCUT2D eigenvalue weighted by Crippen LogP contribution is -2.61. The lowest BCUT2D eigenvalue weighted by molar-refractivity contribution is -0.215. The van der Waals surface area contributed by atoms with Crippen LogP contribution in [0.4, 0.5) is 13.2 Å². The third kappa shape index (κ3) is 4.78. The molecule has 1 aromatic carbocycles. The fourth-order valence-electron chi connectivity index (χ4n) is 5.47. The third-order valence-corrected chi connectivity index (χ3v) is 9.05. The maximum absolute atomic E-state index is 14.8. The lowest BCUT2D eigenvalue weighted by Gasteiger charge is -2.51. The van der Waals surface area contributed by atoms with Crippen LogP contribution in [-0.4, -0.2) is 70.1 Å². The summed E-state index contributed by atoms with van der Waals surface area (Å²) >= 11 is 7.48. The molecule has 1 aromatic heterocycles. The zero-order chi connectivity index (χ0) is 25.0. The molecule has 10 heteroatoms. The van der Waals surface area contributed by atoms with Crippen LogP contribution < -0.4 is 0 Å². The van der Waals surface area contributed by atoms with E-state index >= 15 is 0 Å². The average molecular weight is 527 g/mol. The number of rotatable bonds is 5. The highest BCUT2D eigenvalue weighted by atomic mass is 35.5. The summed E-state index contributed by atoms with van der Waals surface area (Å²) in [5.74, 6) is -4.07. The highest BCUT2D eigenvalue weighted by molar-refractivity contribution is 8.05. The Morgan fingerprint density at radius 3 is 2.69 bits per heavy atom. The molecule has 0 aliphatic carbocycles. The molecule has 0 radical (unpaired) electrons. The van der Waals surface area contributed by atoms with Gasteiger partial charge in [-0.2, -0.15) is 5.10 Å². The van der Waals surface area contributed by atoms with Gasteiger partial charge in [-0.25, -0.2) is 17.9 Å². The number of hydrogen-bond donors (Lipinski definition) is 0. The van der Waals surface area contributed by atoms with Crippen LogP contribution in [0.1, 0.15) is 29.7 Å². The molecule has 2 unspecified atom stereocenters. The van der Waals surface area contributed by atoms with E-state index in [1.54, 1.807) is 10.7 Å². The number of thioether (sulfide) groups is 1. The molecule has 3 aliphatic heterocycles. The Balaban J connectivity index is 1.29. The van der Waals surface area contributed by atoms with Gasteiger partial charge < -0.3 is 9.64 Å². The largest absolute Gasteiger partial charge is 0.367 e. The van der Waals surface area contributed by atoms with Crippen LogP contribution >= 0.6 is 23.4 Å². The highest BCUT2D eigenvalue weighted by Gasteiger charge is 2.60. The van der Waals surface area contributed by atoms with Gasteiger partial charge in [0.25, 0.3) is 5.92 Å². The molecule has 2 fully saturated rings. The van der Waals surface area contributed by atoms with Gasteiger partial charge in [-0.05, 0) is 51.6 Å². The molecule has 0 saturated carbocycles. The van der Waals surface area contributed by atoms with Crippen molar-refractivity contribution >= 4 is 23.4 Å². The summed E-state index contributed by atoms with van der Waals surface area (Å²) in [5.41, 5.74) is 2.62. The Hall–Kier alpha value is -1.52. The van der Waals surface area contributed by atoms with E-state index in [1.807, 2.05) is 38.2 Å². The molecule has 3 aliphatic rings. The van der Waals surface area contributed by atoms with Crippen molar-refractivity contribution in [3.63, 3.8) is 0 Å². The van der Waals surface area contributed by atoms with Crippen molar-refractivity contribution in [1.82, 2.24) is 19.6 Å². The smallest absolute Gasteiger partial charge is 0.278 e. The fourth-order valence-corrected chi connectivity index (χ4v) is 7.30. The molecule has 2 saturated heterocycles. The molecule has 0 amide bonds. The van der Waals surface area contributed by atoms with E-state index in [4.69, 9.17) is 16.3 Å². The molecule has 190 valence electrons. The Labute approximate surface area is 213 Å². The summed E-state index contributed by atoms with van der Waals surface area (Å²) in [5, 5.41) is 4.27. The van der Waals surface area contributed by atoms with Crippen molar-refractivity contribution in [1.29, 1.82) is 0 Å². The second kappa shape index (κ2) is 9.41. The summed E-state index contributed by atoms with van der Waals surface area (Å²) < 4.78 is 51.7. The molecular weight excluding hydrogens is 497 g/mol. The first-order valence-corrected chi connectivity index (χ1v) is 13.1. The van der Waals surface area contributed by atoms with Crippen molar-refractivity contribution in [2.24, 2.45) is 5.92 Å². The first-order valence-electron chi connectivity index (χ1n) is 11.8. The molecule has 5 rings (SSSR count). The Kier molecular flexibility index (Phi) is 6.76. The standard InChI is InChI=1S/C25H30ClF3N4OS/c1-16-18(14-33(30-16)22-17(12-31(2)3)5-4-6-20(22)27)13-32-9-7-24(8-10-32)23-19(11-21(26)35-23)25(28,29)15-34-24/h4-6,11,14,19,23H,7-10,12-13,15H2,1-3H3. The summed E-state index contributed by atoms with van der Waals surface area (Å²) in [6.45, 7) is 4.10. The topological polar surface area (TPSA) is 33.5 Å². The molecule has 0 bridgehead atoms. The number of ether oxygens (including phenoxy) is 1. The van der Waals surface area contributed by atoms with Crippen LogP contribution in [0.3, 0.4) is 0 Å². The molecule has 0 N–H and O–H groups in total. The zero-order valence-corrected chi connectivity index (χ0v) is 21.7. The van der Waals surface area contributed by atoms with Crippen molar-refractivity contribution in [2.75, 3.05) is 33.8 Å². The van der Waals surface area contributed by atoms with Gasteiger partial charge >= 0.3 is 0 Å². The van der Waals surface area contributed by atoms with Crippen LogP contribution in [0, 0.1) is 18.7 Å². The molecule has 1 spiro atoms. The molecule has 5 nitrogen and oxygen atoms in total. The second-order valence-electron chi connectivity index (χ2n) is 10.1. The van der Waals surface area contributed by atoms with E-state index in [0.29, 0.717) is 36.0 Å². The van der Waals surface area contributed by atoms with Gasteiger partial charge in [-0.1, -0.05) is 23.7 Å². The number of para-hydroxylation sites is 1. The third-order valence-electron chi connectivity index (χ3n) is 7.32. The van der Waals surface area contributed by atoms with Crippen LogP contribution in [0.5, 0.6) is 0 Å². The minimum Gasteiger partial charge on any atom is -0.367 e. The number of halogens is 4. The molecule has 2 atom stereocenters. The van der Waals surface area contributed by atoms with Crippen molar-refractivity contribution in [3.05, 3.63) is 57.5 Å². The van der Waals surface area contributed by atoms with E-state index < -0.39 is 24.0 Å². The SMILES string of the molecule is Cc1nn(-c2c(F)cccc2CN(C)C)cc1CN1CCC2(CC1)OCC(F)(F)C1C=C(Cl)SC12. The van der Waals surface area contributed by atoms with Gasteiger partial charge in [0, 0.05) is 37.9 Å². The predicted octanol–water partition coefficient (Wildman–Crippen LogP) is 5.19. The first-order chi connectivity index (χ1) is 16.6. The average Bonchev–Trinajstić information content (AvgIpc) is 3.36. The lowest BCUT2D eigenvalue weighted by atomic mass is 9.77. The first kappa shape index (κ1) is 25.1. The van der Waals surface area contributed by atoms with E-state index in [1.165, 1.54) is 23.9 Å². The normalized spacial score (nSPS) is 25.8. The number of benzene rings is 1. The van der Waals surface area contributed by atoms with E-state index in [-0.39, 0.29) is 11.1 Å². The summed E-state index contributed by atoms with van der Waals surface area (Å²) in [6, 6.07) is 5.10. The minimum absolute atomic E-state index is 0.305. The summed E-state index contributed by atoms with van der Waals surface area (Å²) in [7, 11) is 3.90. The molecule has 4 heterocycles. The van der Waals surface area contributed by atoms with E-state index in [0.717, 1.165) is 29.9 Å². The van der Waals surface area contributed by atoms with Crippen molar-refractivity contribution in [2.45, 2.75) is 49.6 Å².